The number of sulfonamides is 1. The first kappa shape index (κ1) is 18.1. The van der Waals surface area contributed by atoms with E-state index in [9.17, 15) is 8.42 Å². The summed E-state index contributed by atoms with van der Waals surface area (Å²) in [6.45, 7) is 1.40. The van der Waals surface area contributed by atoms with Gasteiger partial charge in [-0.25, -0.2) is 8.42 Å². The van der Waals surface area contributed by atoms with E-state index in [1.807, 2.05) is 0 Å². The van der Waals surface area contributed by atoms with Crippen LogP contribution in [0.4, 0.5) is 0 Å². The third-order valence-electron chi connectivity index (χ3n) is 3.04. The Hall–Kier alpha value is -0.990. The Morgan fingerprint density at radius 3 is 2.19 bits per heavy atom. The molecule has 7 heteroatoms. The smallest absolute Gasteiger partial charge is 0.243 e. The highest BCUT2D eigenvalue weighted by atomic mass is 32.2. The van der Waals surface area contributed by atoms with E-state index < -0.39 is 10.0 Å². The molecule has 0 aliphatic heterocycles. The Bertz CT molecular complexity index is 501. The molecule has 0 saturated carbocycles. The van der Waals surface area contributed by atoms with E-state index in [1.54, 1.807) is 19.2 Å². The van der Waals surface area contributed by atoms with E-state index in [0.717, 1.165) is 0 Å². The van der Waals surface area contributed by atoms with Gasteiger partial charge in [0.2, 0.25) is 10.0 Å². The molecule has 0 atom stereocenters. The summed E-state index contributed by atoms with van der Waals surface area (Å²) < 4.78 is 36.5. The first-order valence-corrected chi connectivity index (χ1v) is 8.18. The molecule has 0 spiro atoms. The van der Waals surface area contributed by atoms with Gasteiger partial charge in [-0.3, -0.25) is 0 Å². The predicted molar refractivity (Wildman–Crippen MR) is 79.5 cm³/mol. The van der Waals surface area contributed by atoms with Crippen molar-refractivity contribution in [3.8, 4) is 0 Å². The molecule has 1 aromatic carbocycles. The fourth-order valence-electron chi connectivity index (χ4n) is 1.85. The lowest BCUT2D eigenvalue weighted by Crippen LogP contribution is -2.35. The van der Waals surface area contributed by atoms with Crippen molar-refractivity contribution in [3.63, 3.8) is 0 Å². The molecular weight excluding hydrogens is 294 g/mol. The molecule has 6 nitrogen and oxygen atoms in total. The van der Waals surface area contributed by atoms with Crippen LogP contribution >= 0.6 is 0 Å². The van der Waals surface area contributed by atoms with Crippen molar-refractivity contribution in [2.24, 2.45) is 0 Å². The summed E-state index contributed by atoms with van der Waals surface area (Å²) in [6.07, 6.45) is 0.619. The van der Waals surface area contributed by atoms with Crippen LogP contribution in [0.1, 0.15) is 12.0 Å². The lowest BCUT2D eigenvalue weighted by atomic mass is 10.2. The van der Waals surface area contributed by atoms with Crippen LogP contribution in [0.2, 0.25) is 0 Å². The second-order valence-electron chi connectivity index (χ2n) is 4.55. The molecule has 0 bridgehead atoms. The van der Waals surface area contributed by atoms with Crippen LogP contribution < -0.4 is 0 Å². The topological polar surface area (TPSA) is 76.1 Å². The number of hydrogen-bond acceptors (Lipinski definition) is 5. The van der Waals surface area contributed by atoms with Gasteiger partial charge in [-0.2, -0.15) is 4.31 Å². The van der Waals surface area contributed by atoms with Crippen molar-refractivity contribution >= 4 is 10.0 Å². The number of ether oxygens (including phenoxy) is 2. The Morgan fingerprint density at radius 2 is 1.67 bits per heavy atom. The molecule has 0 fully saturated rings. The van der Waals surface area contributed by atoms with Crippen LogP contribution in [0.25, 0.3) is 0 Å². The monoisotopic (exact) mass is 317 g/mol. The molecule has 0 heterocycles. The quantitative estimate of drug-likeness (QED) is 0.648. The Balaban J connectivity index is 2.89. The van der Waals surface area contributed by atoms with Gasteiger partial charge in [0, 0.05) is 33.9 Å². The minimum absolute atomic E-state index is 0.110. The van der Waals surface area contributed by atoms with Gasteiger partial charge in [0.1, 0.15) is 0 Å². The Morgan fingerprint density at radius 1 is 1.05 bits per heavy atom. The van der Waals surface area contributed by atoms with Crippen LogP contribution in [0, 0.1) is 0 Å². The van der Waals surface area contributed by atoms with Gasteiger partial charge in [-0.1, -0.05) is 12.1 Å². The summed E-state index contributed by atoms with van der Waals surface area (Å²) in [5.74, 6) is 0. The lowest BCUT2D eigenvalue weighted by Gasteiger charge is -2.22. The SMILES string of the molecule is COCCCN(CCOC)S(=O)(=O)c1ccc(CO)cc1. The van der Waals surface area contributed by atoms with Crippen molar-refractivity contribution < 1.29 is 23.0 Å². The van der Waals surface area contributed by atoms with E-state index in [2.05, 4.69) is 0 Å². The molecule has 21 heavy (non-hydrogen) atoms. The van der Waals surface area contributed by atoms with Crippen molar-refractivity contribution in [2.45, 2.75) is 17.9 Å². The molecule has 0 aliphatic rings. The van der Waals surface area contributed by atoms with Crippen LogP contribution in [0.3, 0.4) is 0 Å². The van der Waals surface area contributed by atoms with Crippen molar-refractivity contribution in [2.75, 3.05) is 40.5 Å². The maximum Gasteiger partial charge on any atom is 0.243 e. The third-order valence-corrected chi connectivity index (χ3v) is 4.96. The van der Waals surface area contributed by atoms with E-state index >= 15 is 0 Å². The largest absolute Gasteiger partial charge is 0.392 e. The molecule has 0 saturated heterocycles. The lowest BCUT2D eigenvalue weighted by molar-refractivity contribution is 0.164. The van der Waals surface area contributed by atoms with Crippen LogP contribution in [-0.2, 0) is 26.1 Å². The summed E-state index contributed by atoms with van der Waals surface area (Å²) in [7, 11) is -0.440. The average molecular weight is 317 g/mol. The molecule has 0 aliphatic carbocycles. The van der Waals surface area contributed by atoms with Crippen LogP contribution in [0.15, 0.2) is 29.2 Å². The Labute approximate surface area is 126 Å². The summed E-state index contributed by atoms with van der Waals surface area (Å²) in [6, 6.07) is 6.24. The number of methoxy groups -OCH3 is 2. The normalized spacial score (nSPS) is 12.0. The van der Waals surface area contributed by atoms with Gasteiger partial charge in [0.15, 0.2) is 0 Å². The zero-order valence-corrected chi connectivity index (χ0v) is 13.3. The highest BCUT2D eigenvalue weighted by molar-refractivity contribution is 7.89. The summed E-state index contributed by atoms with van der Waals surface area (Å²) in [4.78, 5) is 0.216. The summed E-state index contributed by atoms with van der Waals surface area (Å²) >= 11 is 0. The average Bonchev–Trinajstić information content (AvgIpc) is 2.50. The molecule has 0 radical (unpaired) electrons. The number of aliphatic hydroxyl groups excluding tert-OH is 1. The standard InChI is InChI=1S/C14H23NO5S/c1-19-10-3-8-15(9-11-20-2)21(17,18)14-6-4-13(12-16)5-7-14/h4-7,16H,3,8-12H2,1-2H3. The van der Waals surface area contributed by atoms with E-state index in [4.69, 9.17) is 14.6 Å². The Kier molecular flexibility index (Phi) is 7.84. The second kappa shape index (κ2) is 9.11. The molecule has 1 N–H and O–H groups in total. The van der Waals surface area contributed by atoms with E-state index in [1.165, 1.54) is 23.5 Å². The third kappa shape index (κ3) is 5.37. The summed E-state index contributed by atoms with van der Waals surface area (Å²) in [5.41, 5.74) is 0.678. The fraction of sp³-hybridized carbons (Fsp3) is 0.571. The van der Waals surface area contributed by atoms with Crippen LogP contribution in [0.5, 0.6) is 0 Å². The number of benzene rings is 1. The molecular formula is C14H23NO5S. The van der Waals surface area contributed by atoms with Crippen molar-refractivity contribution in [3.05, 3.63) is 29.8 Å². The van der Waals surface area contributed by atoms with Gasteiger partial charge in [0.25, 0.3) is 0 Å². The minimum atomic E-state index is -3.56. The van der Waals surface area contributed by atoms with Gasteiger partial charge >= 0.3 is 0 Å². The van der Waals surface area contributed by atoms with Gasteiger partial charge in [-0.15, -0.1) is 0 Å². The minimum Gasteiger partial charge on any atom is -0.392 e. The first-order valence-electron chi connectivity index (χ1n) is 6.74. The molecule has 0 amide bonds. The van der Waals surface area contributed by atoms with Crippen LogP contribution in [-0.4, -0.2) is 58.4 Å². The summed E-state index contributed by atoms with van der Waals surface area (Å²) in [5, 5.41) is 9.01. The number of aliphatic hydroxyl groups is 1. The first-order chi connectivity index (χ1) is 10.1. The molecule has 0 unspecified atom stereocenters. The zero-order chi connectivity index (χ0) is 15.7. The number of nitrogens with zero attached hydrogens (tertiary/aromatic N) is 1. The van der Waals surface area contributed by atoms with Gasteiger partial charge in [-0.05, 0) is 24.1 Å². The molecule has 0 aromatic heterocycles. The predicted octanol–water partition coefficient (Wildman–Crippen LogP) is 0.852. The fourth-order valence-corrected chi connectivity index (χ4v) is 3.31. The van der Waals surface area contributed by atoms with Gasteiger partial charge in [0.05, 0.1) is 18.1 Å². The van der Waals surface area contributed by atoms with E-state index in [-0.39, 0.29) is 11.5 Å². The molecule has 1 rings (SSSR count). The van der Waals surface area contributed by atoms with E-state index in [0.29, 0.717) is 38.3 Å². The highest BCUT2D eigenvalue weighted by Crippen LogP contribution is 2.17. The molecule has 120 valence electrons. The number of rotatable bonds is 10. The molecule has 1 aromatic rings. The second-order valence-corrected chi connectivity index (χ2v) is 6.48. The zero-order valence-electron chi connectivity index (χ0n) is 12.5. The highest BCUT2D eigenvalue weighted by Gasteiger charge is 2.23. The van der Waals surface area contributed by atoms with Crippen molar-refractivity contribution in [1.82, 2.24) is 4.31 Å². The van der Waals surface area contributed by atoms with Crippen molar-refractivity contribution in [1.29, 1.82) is 0 Å². The van der Waals surface area contributed by atoms with Gasteiger partial charge < -0.3 is 14.6 Å². The maximum atomic E-state index is 12.6. The number of hydrogen-bond donors (Lipinski definition) is 1. The maximum absolute atomic E-state index is 12.6.